The van der Waals surface area contributed by atoms with Crippen molar-refractivity contribution in [2.75, 3.05) is 26.4 Å². The molecule has 6 N–H and O–H groups in total. The third-order valence-electron chi connectivity index (χ3n) is 7.89. The van der Waals surface area contributed by atoms with E-state index >= 15 is 0 Å². The van der Waals surface area contributed by atoms with Gasteiger partial charge in [0.2, 0.25) is 0 Å². The Kier molecular flexibility index (Phi) is 37.8. The highest BCUT2D eigenvalue weighted by Gasteiger charge is 2.26. The Morgan fingerprint density at radius 1 is 0.633 bits per heavy atom. The van der Waals surface area contributed by atoms with Gasteiger partial charge in [0.1, 0.15) is 6.61 Å². The number of carbonyl (C=O) groups is 2. The largest absolute Gasteiger partial charge is 0.472 e. The Morgan fingerprint density at radius 3 is 1.72 bits per heavy atom. The van der Waals surface area contributed by atoms with Gasteiger partial charge in [0.05, 0.1) is 31.5 Å². The van der Waals surface area contributed by atoms with Gasteiger partial charge in [-0.25, -0.2) is 4.57 Å². The smallest absolute Gasteiger partial charge is 0.462 e. The molecule has 0 aromatic heterocycles. The van der Waals surface area contributed by atoms with Gasteiger partial charge in [-0.05, 0) is 70.6 Å². The Labute approximate surface area is 359 Å². The van der Waals surface area contributed by atoms with Crippen LogP contribution in [0.2, 0.25) is 0 Å². The van der Waals surface area contributed by atoms with E-state index < -0.39 is 57.4 Å². The Bertz CT molecular complexity index is 1490. The molecule has 0 aromatic carbocycles. The van der Waals surface area contributed by atoms with E-state index in [2.05, 4.69) is 61.6 Å². The van der Waals surface area contributed by atoms with Gasteiger partial charge < -0.3 is 35.4 Å². The molecular weight excluding hydrogens is 785 g/mol. The third kappa shape index (κ3) is 38.2. The number of hydrogen-bond donors (Lipinski definition) is 5. The average Bonchev–Trinajstić information content (AvgIpc) is 3.22. The SMILES string of the molecule is CC/C=C\C/C=C\C/C=C\C/C=C\C/C=C\C/C=C\CCC(=O)OC[C@H](COP(=O)(O)OCCN)OC(=O)CCC[C@@H](O)[C@H](O)\C=C/C=C\C=C\C=C\[C@@H](O)C/C=C\CC. The number of nitrogens with two attached hydrogens (primary N) is 1. The molecule has 0 aliphatic carbocycles. The Balaban J connectivity index is 4.65. The molecule has 0 spiro atoms. The van der Waals surface area contributed by atoms with E-state index in [-0.39, 0.29) is 38.8 Å². The van der Waals surface area contributed by atoms with Gasteiger partial charge in [-0.1, -0.05) is 148 Å². The second-order valence-electron chi connectivity index (χ2n) is 13.3. The first-order chi connectivity index (χ1) is 29.0. The van der Waals surface area contributed by atoms with Crippen LogP contribution in [0.1, 0.15) is 97.3 Å². The molecule has 60 heavy (non-hydrogen) atoms. The number of ether oxygens (including phenoxy) is 2. The monoisotopic (exact) mass is 857 g/mol. The summed E-state index contributed by atoms with van der Waals surface area (Å²) in [5.74, 6) is -1.28. The van der Waals surface area contributed by atoms with Gasteiger partial charge in [-0.2, -0.15) is 0 Å². The lowest BCUT2D eigenvalue weighted by atomic mass is 10.1. The highest BCUT2D eigenvalue weighted by molar-refractivity contribution is 7.47. The molecule has 1 unspecified atom stereocenters. The fourth-order valence-corrected chi connectivity index (χ4v) is 5.47. The summed E-state index contributed by atoms with van der Waals surface area (Å²) in [4.78, 5) is 34.9. The molecule has 336 valence electrons. The van der Waals surface area contributed by atoms with Gasteiger partial charge in [0.25, 0.3) is 0 Å². The normalized spacial score (nSPS) is 16.2. The lowest BCUT2D eigenvalue weighted by Crippen LogP contribution is -2.30. The first kappa shape index (κ1) is 56.0. The molecule has 12 nitrogen and oxygen atoms in total. The van der Waals surface area contributed by atoms with Crippen molar-refractivity contribution in [1.82, 2.24) is 0 Å². The van der Waals surface area contributed by atoms with Gasteiger partial charge >= 0.3 is 19.8 Å². The third-order valence-corrected chi connectivity index (χ3v) is 8.87. The summed E-state index contributed by atoms with van der Waals surface area (Å²) in [7, 11) is -4.50. The maximum absolute atomic E-state index is 12.6. The molecule has 0 saturated heterocycles. The van der Waals surface area contributed by atoms with Gasteiger partial charge in [0, 0.05) is 19.4 Å². The van der Waals surface area contributed by atoms with Crippen LogP contribution in [0.3, 0.4) is 0 Å². The van der Waals surface area contributed by atoms with Crippen molar-refractivity contribution < 1.29 is 52.9 Å². The molecule has 0 radical (unpaired) electrons. The van der Waals surface area contributed by atoms with Crippen LogP contribution < -0.4 is 5.73 Å². The van der Waals surface area contributed by atoms with Crippen molar-refractivity contribution in [3.8, 4) is 0 Å². The molecule has 0 saturated carbocycles. The summed E-state index contributed by atoms with van der Waals surface area (Å²) in [5.41, 5.74) is 5.32. The molecule has 0 aliphatic heterocycles. The molecule has 0 rings (SSSR count). The first-order valence-electron chi connectivity index (χ1n) is 21.0. The lowest BCUT2D eigenvalue weighted by Gasteiger charge is -2.20. The van der Waals surface area contributed by atoms with E-state index in [4.69, 9.17) is 24.3 Å². The summed E-state index contributed by atoms with van der Waals surface area (Å²) >= 11 is 0. The van der Waals surface area contributed by atoms with Crippen molar-refractivity contribution in [3.63, 3.8) is 0 Å². The molecule has 13 heteroatoms. The van der Waals surface area contributed by atoms with E-state index in [1.54, 1.807) is 42.5 Å². The molecule has 0 aromatic rings. The minimum atomic E-state index is -4.50. The number of carbonyl (C=O) groups excluding carboxylic acids is 2. The van der Waals surface area contributed by atoms with Crippen molar-refractivity contribution in [1.29, 1.82) is 0 Å². The fourth-order valence-electron chi connectivity index (χ4n) is 4.70. The van der Waals surface area contributed by atoms with Crippen LogP contribution in [0.5, 0.6) is 0 Å². The highest BCUT2D eigenvalue weighted by Crippen LogP contribution is 2.43. The van der Waals surface area contributed by atoms with Gasteiger partial charge in [-0.15, -0.1) is 0 Å². The van der Waals surface area contributed by atoms with Crippen LogP contribution >= 0.6 is 7.82 Å². The summed E-state index contributed by atoms with van der Waals surface area (Å²) in [6.07, 6.45) is 45.9. The van der Waals surface area contributed by atoms with Gasteiger partial charge in [0.15, 0.2) is 6.10 Å². The minimum absolute atomic E-state index is 0.0207. The Morgan fingerprint density at radius 2 is 1.15 bits per heavy atom. The topological polar surface area (TPSA) is 195 Å². The number of aliphatic hydroxyl groups is 3. The number of hydrogen-bond acceptors (Lipinski definition) is 11. The standard InChI is InChI=1S/C47H72NO11P/c1-3-5-7-8-9-10-11-12-13-14-15-16-17-18-19-20-21-26-30-36-46(52)56-40-43(41-58-60(54,55)57-39-38-48)59-47(53)37-31-35-45(51)44(50)34-29-25-23-22-24-28-33-42(49)32-27-6-4-2/h5-7,9-10,12-13,15-16,18-19,21-29,33-34,42-45,49-51H,3-4,8,11,14,17,20,30-32,35-41,48H2,1-2H3,(H,54,55)/b7-5-,10-9-,13-12-,16-15-,19-18-,24-22+,25-23-,26-21-,27-6-,33-28+,34-29-/t42-,43+,44+,45+/m0/s1. The number of rotatable bonds is 36. The minimum Gasteiger partial charge on any atom is -0.462 e. The predicted molar refractivity (Wildman–Crippen MR) is 242 cm³/mol. The lowest BCUT2D eigenvalue weighted by molar-refractivity contribution is -0.161. The van der Waals surface area contributed by atoms with E-state index in [0.717, 1.165) is 44.9 Å². The van der Waals surface area contributed by atoms with Gasteiger partial charge in [-0.3, -0.25) is 18.6 Å². The van der Waals surface area contributed by atoms with Crippen molar-refractivity contribution in [3.05, 3.63) is 134 Å². The zero-order valence-corrected chi connectivity index (χ0v) is 36.6. The van der Waals surface area contributed by atoms with E-state index in [9.17, 15) is 34.4 Å². The second kappa shape index (κ2) is 40.4. The molecule has 0 amide bonds. The summed E-state index contributed by atoms with van der Waals surface area (Å²) in [5, 5.41) is 30.4. The number of phosphoric ester groups is 1. The van der Waals surface area contributed by atoms with Crippen LogP contribution in [0.15, 0.2) is 134 Å². The van der Waals surface area contributed by atoms with Crippen molar-refractivity contribution in [2.24, 2.45) is 5.73 Å². The van der Waals surface area contributed by atoms with Crippen molar-refractivity contribution in [2.45, 2.75) is 122 Å². The number of esters is 2. The zero-order chi connectivity index (χ0) is 44.4. The van der Waals surface area contributed by atoms with E-state index in [1.165, 1.54) is 6.08 Å². The predicted octanol–water partition coefficient (Wildman–Crippen LogP) is 8.85. The van der Waals surface area contributed by atoms with Crippen LogP contribution in [0.4, 0.5) is 0 Å². The quantitative estimate of drug-likeness (QED) is 0.0174. The fraction of sp³-hybridized carbons (Fsp3) is 0.489. The molecular formula is C47H72NO11P. The van der Waals surface area contributed by atoms with E-state index in [1.807, 2.05) is 37.3 Å². The second-order valence-corrected chi connectivity index (χ2v) is 14.8. The number of phosphoric acid groups is 1. The molecule has 0 heterocycles. The Hall–Kier alpha value is -3.97. The molecule has 0 fully saturated rings. The average molecular weight is 858 g/mol. The maximum atomic E-state index is 12.6. The van der Waals surface area contributed by atoms with Crippen LogP contribution in [-0.4, -0.2) is 82.9 Å². The maximum Gasteiger partial charge on any atom is 0.472 e. The summed E-state index contributed by atoms with van der Waals surface area (Å²) in [6, 6.07) is 0. The van der Waals surface area contributed by atoms with Crippen LogP contribution in [0, 0.1) is 0 Å². The number of aliphatic hydroxyl groups excluding tert-OH is 3. The summed E-state index contributed by atoms with van der Waals surface area (Å²) < 4.78 is 32.4. The van der Waals surface area contributed by atoms with Crippen LogP contribution in [-0.2, 0) is 32.7 Å². The highest BCUT2D eigenvalue weighted by atomic mass is 31.2. The molecule has 0 aliphatic rings. The van der Waals surface area contributed by atoms with Crippen LogP contribution in [0.25, 0.3) is 0 Å². The molecule has 0 bridgehead atoms. The first-order valence-corrected chi connectivity index (χ1v) is 22.5. The number of allylic oxidation sites excluding steroid dienone is 19. The van der Waals surface area contributed by atoms with Crippen molar-refractivity contribution >= 4 is 19.8 Å². The zero-order valence-electron chi connectivity index (χ0n) is 35.7. The van der Waals surface area contributed by atoms with E-state index in [0.29, 0.717) is 12.8 Å². The summed E-state index contributed by atoms with van der Waals surface area (Å²) in [6.45, 7) is 2.89. The molecule has 5 atom stereocenters.